The highest BCUT2D eigenvalue weighted by atomic mass is 15.2. The zero-order valence-electron chi connectivity index (χ0n) is 14.0. The second-order valence-electron chi connectivity index (χ2n) is 6.98. The maximum absolute atomic E-state index is 8.91. The van der Waals surface area contributed by atoms with E-state index in [1.165, 1.54) is 11.3 Å². The average Bonchev–Trinajstić information content (AvgIpc) is 2.43. The minimum absolute atomic E-state index is 0.127. The normalized spacial score (nSPS) is 19.1. The molecule has 3 heteroatoms. The Morgan fingerprint density at radius 3 is 2.50 bits per heavy atom. The van der Waals surface area contributed by atoms with Gasteiger partial charge in [-0.05, 0) is 69.4 Å². The number of rotatable bonds is 2. The summed E-state index contributed by atoms with van der Waals surface area (Å²) in [7, 11) is 0. The van der Waals surface area contributed by atoms with Crippen molar-refractivity contribution in [2.24, 2.45) is 0 Å². The Hall–Kier alpha value is -2.26. The van der Waals surface area contributed by atoms with E-state index in [0.29, 0.717) is 12.0 Å². The molecule has 0 unspecified atom stereocenters. The highest BCUT2D eigenvalue weighted by Crippen LogP contribution is 2.44. The van der Waals surface area contributed by atoms with Gasteiger partial charge in [-0.15, -0.1) is 0 Å². The third-order valence-electron chi connectivity index (χ3n) is 4.37. The van der Waals surface area contributed by atoms with Gasteiger partial charge in [0.25, 0.3) is 0 Å². The molecule has 0 spiro atoms. The highest BCUT2D eigenvalue weighted by molar-refractivity contribution is 5.68. The van der Waals surface area contributed by atoms with Gasteiger partial charge in [-0.25, -0.2) is 0 Å². The maximum Gasteiger partial charge on any atom is 0.130 e. The van der Waals surface area contributed by atoms with Crippen LogP contribution in [0.4, 0.5) is 5.69 Å². The standard InChI is InChI=1S/C19H23N3/c1-13(2)22-18-7-6-15(8-16(11-20)12-21)9-17(18)14(3)10-19(22,4)5/h6-9,13-14H,10H2,1-5H3/t14-/m1/s1. The molecule has 1 heterocycles. The molecule has 0 aromatic heterocycles. The van der Waals surface area contributed by atoms with Crippen LogP contribution in [0.5, 0.6) is 0 Å². The van der Waals surface area contributed by atoms with Gasteiger partial charge in [0, 0.05) is 17.3 Å². The first-order valence-corrected chi connectivity index (χ1v) is 7.75. The van der Waals surface area contributed by atoms with E-state index >= 15 is 0 Å². The van der Waals surface area contributed by atoms with Gasteiger partial charge in [-0.2, -0.15) is 10.5 Å². The molecule has 1 aromatic carbocycles. The van der Waals surface area contributed by atoms with E-state index in [-0.39, 0.29) is 11.1 Å². The Morgan fingerprint density at radius 1 is 1.32 bits per heavy atom. The van der Waals surface area contributed by atoms with E-state index in [0.717, 1.165) is 12.0 Å². The van der Waals surface area contributed by atoms with E-state index in [1.807, 2.05) is 18.2 Å². The van der Waals surface area contributed by atoms with Crippen LogP contribution in [0.25, 0.3) is 6.08 Å². The molecular weight excluding hydrogens is 270 g/mol. The highest BCUT2D eigenvalue weighted by Gasteiger charge is 2.37. The number of hydrogen-bond donors (Lipinski definition) is 0. The summed E-state index contributed by atoms with van der Waals surface area (Å²) in [6, 6.07) is 10.5. The minimum Gasteiger partial charge on any atom is -0.364 e. The van der Waals surface area contributed by atoms with E-state index in [1.54, 1.807) is 6.08 Å². The molecule has 0 N–H and O–H groups in total. The average molecular weight is 293 g/mol. The van der Waals surface area contributed by atoms with Gasteiger partial charge < -0.3 is 4.90 Å². The molecule has 2 rings (SSSR count). The number of nitriles is 2. The first-order chi connectivity index (χ1) is 10.3. The van der Waals surface area contributed by atoms with Crippen molar-refractivity contribution in [1.82, 2.24) is 0 Å². The molecule has 22 heavy (non-hydrogen) atoms. The molecule has 3 nitrogen and oxygen atoms in total. The van der Waals surface area contributed by atoms with Crippen LogP contribution >= 0.6 is 0 Å². The summed E-state index contributed by atoms with van der Waals surface area (Å²) in [5, 5.41) is 17.8. The number of fused-ring (bicyclic) bond motifs is 1. The lowest BCUT2D eigenvalue weighted by Gasteiger charge is -2.50. The molecule has 1 aliphatic heterocycles. The minimum atomic E-state index is 0.127. The first-order valence-electron chi connectivity index (χ1n) is 7.75. The molecule has 0 amide bonds. The summed E-state index contributed by atoms with van der Waals surface area (Å²) in [5.74, 6) is 0.459. The molecule has 1 aliphatic rings. The lowest BCUT2D eigenvalue weighted by atomic mass is 9.79. The molecule has 0 saturated heterocycles. The van der Waals surface area contributed by atoms with E-state index in [2.05, 4.69) is 51.7 Å². The largest absolute Gasteiger partial charge is 0.364 e. The second kappa shape index (κ2) is 5.85. The van der Waals surface area contributed by atoms with E-state index < -0.39 is 0 Å². The van der Waals surface area contributed by atoms with Crippen LogP contribution in [0.15, 0.2) is 23.8 Å². The van der Waals surface area contributed by atoms with Crippen LogP contribution in [0.3, 0.4) is 0 Å². The second-order valence-corrected chi connectivity index (χ2v) is 6.98. The van der Waals surface area contributed by atoms with Gasteiger partial charge in [0.1, 0.15) is 17.7 Å². The Balaban J connectivity index is 2.55. The van der Waals surface area contributed by atoms with Crippen molar-refractivity contribution in [2.75, 3.05) is 4.90 Å². The molecule has 1 aromatic rings. The molecule has 1 atom stereocenters. The fraction of sp³-hybridized carbons (Fsp3) is 0.474. The van der Waals surface area contributed by atoms with Gasteiger partial charge in [0.05, 0.1) is 0 Å². The zero-order chi connectivity index (χ0) is 16.5. The first kappa shape index (κ1) is 16.1. The summed E-state index contributed by atoms with van der Waals surface area (Å²) >= 11 is 0. The van der Waals surface area contributed by atoms with Crippen molar-refractivity contribution < 1.29 is 0 Å². The van der Waals surface area contributed by atoms with Gasteiger partial charge in [0.15, 0.2) is 0 Å². The summed E-state index contributed by atoms with van der Waals surface area (Å²) < 4.78 is 0. The van der Waals surface area contributed by atoms with Crippen LogP contribution in [-0.2, 0) is 0 Å². The lowest BCUT2D eigenvalue weighted by Crippen LogP contribution is -2.51. The molecule has 0 saturated carbocycles. The molecular formula is C19H23N3. The van der Waals surface area contributed by atoms with Crippen molar-refractivity contribution in [3.05, 3.63) is 34.9 Å². The molecule has 0 radical (unpaired) electrons. The zero-order valence-corrected chi connectivity index (χ0v) is 14.0. The summed E-state index contributed by atoms with van der Waals surface area (Å²) in [4.78, 5) is 2.48. The SMILES string of the molecule is CC(C)N1c2ccc(C=C(C#N)C#N)cc2[C@H](C)CC1(C)C. The van der Waals surface area contributed by atoms with Crippen LogP contribution in [0.1, 0.15) is 58.1 Å². The van der Waals surface area contributed by atoms with Crippen molar-refractivity contribution in [2.45, 2.75) is 58.5 Å². The Labute approximate surface area is 133 Å². The Kier molecular flexibility index (Phi) is 4.29. The quantitative estimate of drug-likeness (QED) is 0.748. The van der Waals surface area contributed by atoms with Gasteiger partial charge in [0.2, 0.25) is 0 Å². The number of allylic oxidation sites excluding steroid dienone is 1. The van der Waals surface area contributed by atoms with Crippen LogP contribution < -0.4 is 4.90 Å². The van der Waals surface area contributed by atoms with Gasteiger partial charge in [-0.3, -0.25) is 0 Å². The van der Waals surface area contributed by atoms with E-state index in [9.17, 15) is 0 Å². The van der Waals surface area contributed by atoms with Crippen molar-refractivity contribution >= 4 is 11.8 Å². The lowest BCUT2D eigenvalue weighted by molar-refractivity contribution is 0.356. The number of benzene rings is 1. The molecule has 0 aliphatic carbocycles. The van der Waals surface area contributed by atoms with Crippen LogP contribution in [0, 0.1) is 22.7 Å². The summed E-state index contributed by atoms with van der Waals surface area (Å²) in [6.45, 7) is 11.3. The van der Waals surface area contributed by atoms with Crippen LogP contribution in [-0.4, -0.2) is 11.6 Å². The topological polar surface area (TPSA) is 50.8 Å². The Bertz CT molecular complexity index is 668. The van der Waals surface area contributed by atoms with Crippen molar-refractivity contribution in [1.29, 1.82) is 10.5 Å². The number of anilines is 1. The predicted octanol–water partition coefficient (Wildman–Crippen LogP) is 4.62. The molecule has 114 valence electrons. The molecule has 0 fully saturated rings. The van der Waals surface area contributed by atoms with Gasteiger partial charge in [-0.1, -0.05) is 13.0 Å². The van der Waals surface area contributed by atoms with Crippen molar-refractivity contribution in [3.63, 3.8) is 0 Å². The fourth-order valence-corrected chi connectivity index (χ4v) is 3.79. The maximum atomic E-state index is 8.91. The number of nitrogens with zero attached hydrogens (tertiary/aromatic N) is 3. The van der Waals surface area contributed by atoms with Gasteiger partial charge >= 0.3 is 0 Å². The number of hydrogen-bond acceptors (Lipinski definition) is 3. The van der Waals surface area contributed by atoms with E-state index in [4.69, 9.17) is 10.5 Å². The predicted molar refractivity (Wildman–Crippen MR) is 90.4 cm³/mol. The molecule has 0 bridgehead atoms. The third kappa shape index (κ3) is 2.85. The fourth-order valence-electron chi connectivity index (χ4n) is 3.79. The summed E-state index contributed by atoms with van der Waals surface area (Å²) in [5.41, 5.74) is 3.77. The third-order valence-corrected chi connectivity index (χ3v) is 4.37. The van der Waals surface area contributed by atoms with Crippen LogP contribution in [0.2, 0.25) is 0 Å². The monoisotopic (exact) mass is 293 g/mol. The van der Waals surface area contributed by atoms with Crippen molar-refractivity contribution in [3.8, 4) is 12.1 Å². The summed E-state index contributed by atoms with van der Waals surface area (Å²) in [6.07, 6.45) is 2.75. The smallest absolute Gasteiger partial charge is 0.130 e. The Morgan fingerprint density at radius 2 is 1.95 bits per heavy atom.